The van der Waals surface area contributed by atoms with E-state index < -0.39 is 0 Å². The van der Waals surface area contributed by atoms with Crippen molar-refractivity contribution >= 4 is 23.2 Å². The molecule has 2 aromatic heterocycles. The molecule has 130 valence electrons. The second kappa shape index (κ2) is 6.30. The van der Waals surface area contributed by atoms with Crippen LogP contribution in [0.5, 0.6) is 0 Å². The third kappa shape index (κ3) is 2.86. The van der Waals surface area contributed by atoms with Gasteiger partial charge in [-0.25, -0.2) is 0 Å². The predicted octanol–water partition coefficient (Wildman–Crippen LogP) is 3.12. The van der Waals surface area contributed by atoms with E-state index in [1.807, 2.05) is 30.9 Å². The highest BCUT2D eigenvalue weighted by molar-refractivity contribution is 6.32. The van der Waals surface area contributed by atoms with Gasteiger partial charge in [0.25, 0.3) is 0 Å². The van der Waals surface area contributed by atoms with Crippen LogP contribution in [0.3, 0.4) is 0 Å². The van der Waals surface area contributed by atoms with Gasteiger partial charge in [0.2, 0.25) is 5.91 Å². The molecular formula is C19H21ClN4O. The molecule has 0 aromatic carbocycles. The number of amides is 1. The molecule has 0 N–H and O–H groups in total. The Morgan fingerprint density at radius 3 is 2.76 bits per heavy atom. The number of hydrogen-bond acceptors (Lipinski definition) is 4. The monoisotopic (exact) mass is 356 g/mol. The van der Waals surface area contributed by atoms with Crippen LogP contribution in [-0.2, 0) is 17.9 Å². The van der Waals surface area contributed by atoms with E-state index in [2.05, 4.69) is 14.9 Å². The number of aryl methyl sites for hydroxylation is 1. The molecule has 25 heavy (non-hydrogen) atoms. The zero-order valence-corrected chi connectivity index (χ0v) is 15.3. The zero-order valence-electron chi connectivity index (χ0n) is 14.5. The Balaban J connectivity index is 1.47. The second-order valence-electron chi connectivity index (χ2n) is 6.89. The number of pyridine rings is 2. The molecule has 1 atom stereocenters. The average Bonchev–Trinajstić information content (AvgIpc) is 3.27. The van der Waals surface area contributed by atoms with E-state index in [0.717, 1.165) is 52.7 Å². The fraction of sp³-hybridized carbons (Fsp3) is 0.421. The number of aromatic nitrogens is 2. The van der Waals surface area contributed by atoms with E-state index in [4.69, 9.17) is 11.6 Å². The number of anilines is 1. The number of nitrogens with zero attached hydrogens (tertiary/aromatic N) is 4. The van der Waals surface area contributed by atoms with E-state index in [9.17, 15) is 4.79 Å². The van der Waals surface area contributed by atoms with Crippen LogP contribution in [-0.4, -0.2) is 33.9 Å². The Bertz CT molecular complexity index is 824. The Kier molecular flexibility index (Phi) is 4.12. The van der Waals surface area contributed by atoms with Gasteiger partial charge in [-0.05, 0) is 43.5 Å². The molecule has 4 heterocycles. The number of carbonyl (C=O) groups is 1. The van der Waals surface area contributed by atoms with E-state index in [-0.39, 0.29) is 11.8 Å². The summed E-state index contributed by atoms with van der Waals surface area (Å²) in [5.41, 5.74) is 5.15. The Morgan fingerprint density at radius 1 is 1.24 bits per heavy atom. The zero-order chi connectivity index (χ0) is 17.6. The molecule has 4 rings (SSSR count). The summed E-state index contributed by atoms with van der Waals surface area (Å²) in [6.07, 6.45) is 4.48. The van der Waals surface area contributed by atoms with Crippen molar-refractivity contribution in [2.75, 3.05) is 18.0 Å². The molecular weight excluding hydrogens is 336 g/mol. The molecule has 0 radical (unpaired) electrons. The van der Waals surface area contributed by atoms with Crippen molar-refractivity contribution in [3.8, 4) is 0 Å². The van der Waals surface area contributed by atoms with Gasteiger partial charge in [0, 0.05) is 37.7 Å². The van der Waals surface area contributed by atoms with Crippen molar-refractivity contribution in [2.24, 2.45) is 5.92 Å². The van der Waals surface area contributed by atoms with E-state index >= 15 is 0 Å². The molecule has 1 unspecified atom stereocenters. The Morgan fingerprint density at radius 2 is 2.00 bits per heavy atom. The summed E-state index contributed by atoms with van der Waals surface area (Å²) in [5.74, 6) is 0.266. The lowest BCUT2D eigenvalue weighted by Crippen LogP contribution is -2.33. The number of halogens is 1. The summed E-state index contributed by atoms with van der Waals surface area (Å²) in [6, 6.07) is 3.99. The molecule has 1 fully saturated rings. The van der Waals surface area contributed by atoms with E-state index in [1.54, 1.807) is 12.4 Å². The smallest absolute Gasteiger partial charge is 0.228 e. The lowest BCUT2D eigenvalue weighted by atomic mass is 10.1. The summed E-state index contributed by atoms with van der Waals surface area (Å²) in [7, 11) is 0. The molecule has 5 nitrogen and oxygen atoms in total. The van der Waals surface area contributed by atoms with Gasteiger partial charge in [0.05, 0.1) is 28.9 Å². The lowest BCUT2D eigenvalue weighted by molar-refractivity contribution is -0.135. The minimum Gasteiger partial charge on any atom is -0.371 e. The standard InChI is InChI=1S/C19H21ClN4O/c1-12-16-10-24(11-17(16)22-13(2)18(12)20)19(25)14-5-8-23(9-14)15-3-6-21-7-4-15/h3-4,6-7,14H,5,8-11H2,1-2H3. The van der Waals surface area contributed by atoms with Crippen molar-refractivity contribution in [3.63, 3.8) is 0 Å². The molecule has 0 aliphatic carbocycles. The first-order valence-electron chi connectivity index (χ1n) is 8.63. The topological polar surface area (TPSA) is 49.3 Å². The summed E-state index contributed by atoms with van der Waals surface area (Å²) >= 11 is 6.32. The molecule has 6 heteroatoms. The van der Waals surface area contributed by atoms with Gasteiger partial charge in [0.1, 0.15) is 0 Å². The second-order valence-corrected chi connectivity index (χ2v) is 7.27. The molecule has 2 aliphatic rings. The highest BCUT2D eigenvalue weighted by Gasteiger charge is 2.35. The van der Waals surface area contributed by atoms with Gasteiger partial charge in [-0.3, -0.25) is 14.8 Å². The Hall–Kier alpha value is -2.14. The molecule has 0 spiro atoms. The van der Waals surface area contributed by atoms with Crippen molar-refractivity contribution in [3.05, 3.63) is 52.1 Å². The van der Waals surface area contributed by atoms with Gasteiger partial charge >= 0.3 is 0 Å². The first kappa shape index (κ1) is 16.3. The fourth-order valence-electron chi connectivity index (χ4n) is 3.87. The van der Waals surface area contributed by atoms with Crippen molar-refractivity contribution in [2.45, 2.75) is 33.4 Å². The van der Waals surface area contributed by atoms with Gasteiger partial charge in [-0.15, -0.1) is 0 Å². The summed E-state index contributed by atoms with van der Waals surface area (Å²) in [4.78, 5) is 25.8. The molecule has 1 amide bonds. The first-order valence-corrected chi connectivity index (χ1v) is 9.00. The van der Waals surface area contributed by atoms with Gasteiger partial charge in [0.15, 0.2) is 0 Å². The van der Waals surface area contributed by atoms with Crippen LogP contribution < -0.4 is 4.90 Å². The quantitative estimate of drug-likeness (QED) is 0.829. The SMILES string of the molecule is Cc1nc2c(c(C)c1Cl)CN(C(=O)C1CCN(c3ccncc3)C1)C2. The fourth-order valence-corrected chi connectivity index (χ4v) is 4.03. The van der Waals surface area contributed by atoms with Crippen LogP contribution in [0.1, 0.15) is 28.9 Å². The number of hydrogen-bond donors (Lipinski definition) is 0. The number of fused-ring (bicyclic) bond motifs is 1. The largest absolute Gasteiger partial charge is 0.371 e. The summed E-state index contributed by atoms with van der Waals surface area (Å²) in [6.45, 7) is 6.83. The van der Waals surface area contributed by atoms with Crippen LogP contribution in [0.4, 0.5) is 5.69 Å². The van der Waals surface area contributed by atoms with Crippen LogP contribution in [0.25, 0.3) is 0 Å². The van der Waals surface area contributed by atoms with E-state index in [1.165, 1.54) is 0 Å². The first-order chi connectivity index (χ1) is 12.0. The third-order valence-corrected chi connectivity index (χ3v) is 5.87. The lowest BCUT2D eigenvalue weighted by Gasteiger charge is -2.21. The highest BCUT2D eigenvalue weighted by Crippen LogP contribution is 2.33. The number of carbonyl (C=O) groups excluding carboxylic acids is 1. The maximum absolute atomic E-state index is 13.0. The summed E-state index contributed by atoms with van der Waals surface area (Å²) in [5, 5.41) is 0.720. The average molecular weight is 357 g/mol. The normalized spacial score (nSPS) is 19.4. The maximum atomic E-state index is 13.0. The van der Waals surface area contributed by atoms with E-state index in [0.29, 0.717) is 13.1 Å². The molecule has 1 saturated heterocycles. The van der Waals surface area contributed by atoms with Crippen LogP contribution in [0.15, 0.2) is 24.5 Å². The minimum absolute atomic E-state index is 0.0411. The third-order valence-electron chi connectivity index (χ3n) is 5.32. The Labute approximate surface area is 152 Å². The summed E-state index contributed by atoms with van der Waals surface area (Å²) < 4.78 is 0. The van der Waals surface area contributed by atoms with Crippen molar-refractivity contribution in [1.82, 2.24) is 14.9 Å². The van der Waals surface area contributed by atoms with Crippen molar-refractivity contribution < 1.29 is 4.79 Å². The van der Waals surface area contributed by atoms with Gasteiger partial charge in [-0.2, -0.15) is 0 Å². The van der Waals surface area contributed by atoms with Crippen LogP contribution in [0, 0.1) is 19.8 Å². The molecule has 0 bridgehead atoms. The van der Waals surface area contributed by atoms with Crippen LogP contribution >= 0.6 is 11.6 Å². The van der Waals surface area contributed by atoms with Crippen LogP contribution in [0.2, 0.25) is 5.02 Å². The van der Waals surface area contributed by atoms with Gasteiger partial charge in [-0.1, -0.05) is 11.6 Å². The van der Waals surface area contributed by atoms with Gasteiger partial charge < -0.3 is 9.80 Å². The molecule has 0 saturated carbocycles. The molecule has 2 aromatic rings. The maximum Gasteiger partial charge on any atom is 0.228 e. The van der Waals surface area contributed by atoms with Crippen molar-refractivity contribution in [1.29, 1.82) is 0 Å². The highest BCUT2D eigenvalue weighted by atomic mass is 35.5. The number of rotatable bonds is 2. The predicted molar refractivity (Wildman–Crippen MR) is 97.5 cm³/mol. The molecule has 2 aliphatic heterocycles. The minimum atomic E-state index is 0.0411.